The highest BCUT2D eigenvalue weighted by Crippen LogP contribution is 2.27. The van der Waals surface area contributed by atoms with Gasteiger partial charge in [-0.2, -0.15) is 5.10 Å². The summed E-state index contributed by atoms with van der Waals surface area (Å²) in [6.07, 6.45) is 5.40. The second-order valence-corrected chi connectivity index (χ2v) is 8.50. The molecule has 1 saturated carbocycles. The van der Waals surface area contributed by atoms with Crippen molar-refractivity contribution in [1.82, 2.24) is 19.8 Å². The van der Waals surface area contributed by atoms with Gasteiger partial charge in [-0.05, 0) is 38.3 Å². The van der Waals surface area contributed by atoms with Crippen molar-refractivity contribution in [2.24, 2.45) is 0 Å². The van der Waals surface area contributed by atoms with Crippen LogP contribution in [0, 0.1) is 6.92 Å². The van der Waals surface area contributed by atoms with Gasteiger partial charge in [-0.1, -0.05) is 18.2 Å². The first kappa shape index (κ1) is 17.1. The van der Waals surface area contributed by atoms with Crippen LogP contribution in [-0.4, -0.2) is 36.0 Å². The van der Waals surface area contributed by atoms with Gasteiger partial charge in [0.2, 0.25) is 10.0 Å². The van der Waals surface area contributed by atoms with Crippen LogP contribution in [0.5, 0.6) is 0 Å². The first-order valence-electron chi connectivity index (χ1n) is 8.27. The predicted octanol–water partition coefficient (Wildman–Crippen LogP) is 1.74. The molecule has 1 aromatic carbocycles. The van der Waals surface area contributed by atoms with Crippen molar-refractivity contribution in [2.75, 3.05) is 6.54 Å². The lowest BCUT2D eigenvalue weighted by atomic mass is 10.2. The Morgan fingerprint density at radius 2 is 2.08 bits per heavy atom. The molecule has 1 aliphatic rings. The van der Waals surface area contributed by atoms with Crippen LogP contribution >= 0.6 is 0 Å². The van der Waals surface area contributed by atoms with Crippen LogP contribution in [0.1, 0.15) is 30.9 Å². The molecule has 1 atom stereocenters. The van der Waals surface area contributed by atoms with Crippen molar-refractivity contribution in [3.05, 3.63) is 47.8 Å². The van der Waals surface area contributed by atoms with Gasteiger partial charge in [0.05, 0.1) is 17.1 Å². The maximum atomic E-state index is 11.8. The largest absolute Gasteiger partial charge is 0.309 e. The number of rotatable bonds is 8. The topological polar surface area (TPSA) is 76.0 Å². The fourth-order valence-corrected chi connectivity index (χ4v) is 3.98. The van der Waals surface area contributed by atoms with Crippen LogP contribution in [0.2, 0.25) is 0 Å². The number of benzene rings is 1. The highest BCUT2D eigenvalue weighted by atomic mass is 32.2. The third-order valence-corrected chi connectivity index (χ3v) is 6.13. The number of hydrogen-bond donors (Lipinski definition) is 2. The molecule has 0 radical (unpaired) electrons. The van der Waals surface area contributed by atoms with Crippen molar-refractivity contribution in [1.29, 1.82) is 0 Å². The van der Waals surface area contributed by atoms with Crippen LogP contribution < -0.4 is 10.0 Å². The zero-order chi connectivity index (χ0) is 17.2. The maximum absolute atomic E-state index is 11.8. The van der Waals surface area contributed by atoms with E-state index in [2.05, 4.69) is 28.1 Å². The van der Waals surface area contributed by atoms with E-state index in [9.17, 15) is 8.42 Å². The molecule has 0 spiro atoms. The molecule has 6 nitrogen and oxygen atoms in total. The monoisotopic (exact) mass is 348 g/mol. The van der Waals surface area contributed by atoms with Gasteiger partial charge >= 0.3 is 0 Å². The van der Waals surface area contributed by atoms with E-state index in [1.807, 2.05) is 42.2 Å². The molecule has 1 fully saturated rings. The summed E-state index contributed by atoms with van der Waals surface area (Å²) in [5.74, 6) is 0. The van der Waals surface area contributed by atoms with Crippen LogP contribution in [0.25, 0.3) is 5.69 Å². The van der Waals surface area contributed by atoms with Crippen molar-refractivity contribution >= 4 is 10.0 Å². The average Bonchev–Trinajstić information content (AvgIpc) is 3.32. The molecule has 130 valence electrons. The van der Waals surface area contributed by atoms with Crippen LogP contribution in [0.15, 0.2) is 36.7 Å². The third-order valence-electron chi connectivity index (χ3n) is 4.21. The van der Waals surface area contributed by atoms with Gasteiger partial charge < -0.3 is 5.32 Å². The van der Waals surface area contributed by atoms with Gasteiger partial charge in [0.25, 0.3) is 0 Å². The number of aromatic nitrogens is 2. The molecule has 0 amide bonds. The lowest BCUT2D eigenvalue weighted by Crippen LogP contribution is -2.39. The lowest BCUT2D eigenvalue weighted by molar-refractivity contribution is 0.524. The normalized spacial score (nSPS) is 16.2. The van der Waals surface area contributed by atoms with Crippen molar-refractivity contribution < 1.29 is 8.42 Å². The Morgan fingerprint density at radius 1 is 1.33 bits per heavy atom. The Balaban J connectivity index is 1.51. The van der Waals surface area contributed by atoms with Crippen molar-refractivity contribution in [3.8, 4) is 5.69 Å². The quantitative estimate of drug-likeness (QED) is 0.762. The molecule has 1 heterocycles. The van der Waals surface area contributed by atoms with Crippen molar-refractivity contribution in [2.45, 2.75) is 44.5 Å². The Labute approximate surface area is 143 Å². The van der Waals surface area contributed by atoms with Crippen LogP contribution in [0.3, 0.4) is 0 Å². The Hall–Kier alpha value is -1.70. The van der Waals surface area contributed by atoms with E-state index in [0.29, 0.717) is 13.1 Å². The molecule has 3 rings (SSSR count). The van der Waals surface area contributed by atoms with Crippen molar-refractivity contribution in [3.63, 3.8) is 0 Å². The molecule has 1 aromatic heterocycles. The molecular weight excluding hydrogens is 324 g/mol. The van der Waals surface area contributed by atoms with E-state index >= 15 is 0 Å². The highest BCUT2D eigenvalue weighted by molar-refractivity contribution is 7.90. The zero-order valence-corrected chi connectivity index (χ0v) is 14.9. The molecule has 0 bridgehead atoms. The Bertz CT molecular complexity index is 796. The molecule has 1 unspecified atom stereocenters. The second kappa shape index (κ2) is 7.04. The first-order valence-corrected chi connectivity index (χ1v) is 9.82. The summed E-state index contributed by atoms with van der Waals surface area (Å²) in [5, 5.41) is 7.57. The van der Waals surface area contributed by atoms with E-state index in [-0.39, 0.29) is 11.3 Å². The van der Waals surface area contributed by atoms with E-state index in [1.54, 1.807) is 0 Å². The number of nitrogens with zero attached hydrogens (tertiary/aromatic N) is 2. The van der Waals surface area contributed by atoms with Gasteiger partial charge in [-0.15, -0.1) is 0 Å². The van der Waals surface area contributed by atoms with E-state index in [4.69, 9.17) is 0 Å². The zero-order valence-electron chi connectivity index (χ0n) is 14.1. The minimum Gasteiger partial charge on any atom is -0.309 e. The number of sulfonamides is 1. The summed E-state index contributed by atoms with van der Waals surface area (Å²) in [4.78, 5) is 0. The fourth-order valence-electron chi connectivity index (χ4n) is 2.51. The summed E-state index contributed by atoms with van der Waals surface area (Å²) in [7, 11) is -3.11. The molecule has 0 aliphatic heterocycles. The number of para-hydroxylation sites is 1. The van der Waals surface area contributed by atoms with E-state index < -0.39 is 10.0 Å². The number of aryl methyl sites for hydroxylation is 1. The Morgan fingerprint density at radius 3 is 2.79 bits per heavy atom. The summed E-state index contributed by atoms with van der Waals surface area (Å²) in [6.45, 7) is 5.09. The highest BCUT2D eigenvalue weighted by Gasteiger charge is 2.35. The fraction of sp³-hybridized carbons (Fsp3) is 0.471. The van der Waals surface area contributed by atoms with Crippen LogP contribution in [0.4, 0.5) is 0 Å². The number of nitrogens with one attached hydrogen (secondary N) is 2. The summed E-state index contributed by atoms with van der Waals surface area (Å²) >= 11 is 0. The molecule has 7 heteroatoms. The molecule has 2 aromatic rings. The van der Waals surface area contributed by atoms with Gasteiger partial charge in [0.15, 0.2) is 0 Å². The standard InChI is InChI=1S/C17H24N4O2S/c1-13-5-3-4-6-17(13)21-12-15(11-19-21)10-18-14(2)9-20-24(22,23)16-7-8-16/h3-6,11-12,14,16,18,20H,7-10H2,1-2H3. The second-order valence-electron chi connectivity index (χ2n) is 6.45. The predicted molar refractivity (Wildman–Crippen MR) is 94.5 cm³/mol. The summed E-state index contributed by atoms with van der Waals surface area (Å²) in [5.41, 5.74) is 3.30. The molecule has 1 aliphatic carbocycles. The van der Waals surface area contributed by atoms with E-state index in [0.717, 1.165) is 24.1 Å². The first-order chi connectivity index (χ1) is 11.5. The van der Waals surface area contributed by atoms with E-state index in [1.165, 1.54) is 5.56 Å². The van der Waals surface area contributed by atoms with Gasteiger partial charge in [0.1, 0.15) is 0 Å². The number of hydrogen-bond acceptors (Lipinski definition) is 4. The van der Waals surface area contributed by atoms with Gasteiger partial charge in [-0.25, -0.2) is 17.8 Å². The maximum Gasteiger partial charge on any atom is 0.214 e. The summed E-state index contributed by atoms with van der Waals surface area (Å²) in [6, 6.07) is 8.16. The molecule has 2 N–H and O–H groups in total. The lowest BCUT2D eigenvalue weighted by Gasteiger charge is -2.14. The van der Waals surface area contributed by atoms with Gasteiger partial charge in [0, 0.05) is 30.9 Å². The molecular formula is C17H24N4O2S. The average molecular weight is 348 g/mol. The minimum atomic E-state index is -3.11. The molecule has 0 saturated heterocycles. The molecule has 24 heavy (non-hydrogen) atoms. The summed E-state index contributed by atoms with van der Waals surface area (Å²) < 4.78 is 28.2. The SMILES string of the molecule is Cc1ccccc1-n1cc(CNC(C)CNS(=O)(=O)C2CC2)cn1. The third kappa shape index (κ3) is 4.23. The van der Waals surface area contributed by atoms with Gasteiger partial charge in [-0.3, -0.25) is 0 Å². The van der Waals surface area contributed by atoms with Crippen LogP contribution in [-0.2, 0) is 16.6 Å². The minimum absolute atomic E-state index is 0.0559. The smallest absolute Gasteiger partial charge is 0.214 e. The Kier molecular flexibility index (Phi) is 5.03.